The molecule has 2 unspecified atom stereocenters. The number of benzene rings is 1. The third kappa shape index (κ3) is 2.09. The van der Waals surface area contributed by atoms with Crippen molar-refractivity contribution in [2.45, 2.75) is 44.6 Å². The maximum absolute atomic E-state index is 6.06. The van der Waals surface area contributed by atoms with E-state index >= 15 is 0 Å². The molecule has 1 aliphatic carbocycles. The highest BCUT2D eigenvalue weighted by molar-refractivity contribution is 7.18. The van der Waals surface area contributed by atoms with Gasteiger partial charge in [0.2, 0.25) is 0 Å². The van der Waals surface area contributed by atoms with E-state index in [0.29, 0.717) is 12.0 Å². The van der Waals surface area contributed by atoms with E-state index < -0.39 is 0 Å². The molecule has 90 valence electrons. The fraction of sp³-hybridized carbons (Fsp3) is 0.500. The predicted octanol–water partition coefficient (Wildman–Crippen LogP) is 3.59. The molecular weight excluding hydrogens is 228 g/mol. The zero-order chi connectivity index (χ0) is 11.8. The van der Waals surface area contributed by atoms with Crippen molar-refractivity contribution >= 4 is 21.6 Å². The molecule has 2 aromatic rings. The van der Waals surface area contributed by atoms with Gasteiger partial charge in [-0.05, 0) is 37.8 Å². The highest BCUT2D eigenvalue weighted by atomic mass is 32.1. The molecule has 2 nitrogen and oxygen atoms in total. The van der Waals surface area contributed by atoms with E-state index in [1.165, 1.54) is 40.1 Å². The Balaban J connectivity index is 1.97. The van der Waals surface area contributed by atoms with Gasteiger partial charge in [-0.25, -0.2) is 4.98 Å². The number of aryl methyl sites for hydroxylation is 1. The molecule has 1 aromatic carbocycles. The van der Waals surface area contributed by atoms with Crippen molar-refractivity contribution in [2.24, 2.45) is 5.73 Å². The first-order chi connectivity index (χ1) is 8.24. The molecule has 2 atom stereocenters. The lowest BCUT2D eigenvalue weighted by molar-refractivity contribution is 0.393. The van der Waals surface area contributed by atoms with Crippen molar-refractivity contribution in [2.75, 3.05) is 0 Å². The molecule has 1 saturated carbocycles. The van der Waals surface area contributed by atoms with Gasteiger partial charge in [-0.2, -0.15) is 0 Å². The maximum Gasteiger partial charge on any atom is 0.0970 e. The Morgan fingerprint density at radius 1 is 1.35 bits per heavy atom. The van der Waals surface area contributed by atoms with Crippen LogP contribution in [0.3, 0.4) is 0 Å². The number of nitrogens with two attached hydrogens (primary N) is 1. The largest absolute Gasteiger partial charge is 0.328 e. The molecule has 1 fully saturated rings. The molecule has 0 aliphatic heterocycles. The second kappa shape index (κ2) is 4.39. The van der Waals surface area contributed by atoms with Gasteiger partial charge in [0, 0.05) is 12.0 Å². The van der Waals surface area contributed by atoms with Crippen LogP contribution in [0.25, 0.3) is 10.2 Å². The SMILES string of the molecule is Cc1cccc2sc(C3CCCC(N)C3)nc12. The summed E-state index contributed by atoms with van der Waals surface area (Å²) in [5.74, 6) is 0.593. The van der Waals surface area contributed by atoms with E-state index in [-0.39, 0.29) is 0 Å². The van der Waals surface area contributed by atoms with E-state index in [0.717, 1.165) is 6.42 Å². The molecule has 1 heterocycles. The smallest absolute Gasteiger partial charge is 0.0970 e. The van der Waals surface area contributed by atoms with Gasteiger partial charge < -0.3 is 5.73 Å². The van der Waals surface area contributed by atoms with Gasteiger partial charge in [-0.1, -0.05) is 18.6 Å². The number of fused-ring (bicyclic) bond motifs is 1. The van der Waals surface area contributed by atoms with Gasteiger partial charge >= 0.3 is 0 Å². The van der Waals surface area contributed by atoms with Crippen molar-refractivity contribution in [1.29, 1.82) is 0 Å². The normalized spacial score (nSPS) is 25.3. The molecule has 1 aromatic heterocycles. The molecule has 0 amide bonds. The summed E-state index contributed by atoms with van der Waals surface area (Å²) in [7, 11) is 0. The van der Waals surface area contributed by atoms with Crippen molar-refractivity contribution in [3.8, 4) is 0 Å². The summed E-state index contributed by atoms with van der Waals surface area (Å²) in [5, 5.41) is 1.30. The zero-order valence-corrected chi connectivity index (χ0v) is 11.0. The molecule has 3 heteroatoms. The minimum atomic E-state index is 0.377. The van der Waals surface area contributed by atoms with Crippen LogP contribution in [-0.4, -0.2) is 11.0 Å². The molecule has 0 radical (unpaired) electrons. The third-order valence-electron chi connectivity index (χ3n) is 3.70. The van der Waals surface area contributed by atoms with Gasteiger partial charge in [0.15, 0.2) is 0 Å². The first-order valence-electron chi connectivity index (χ1n) is 6.35. The Bertz CT molecular complexity index is 532. The average Bonchev–Trinajstić information content (AvgIpc) is 2.74. The topological polar surface area (TPSA) is 38.9 Å². The van der Waals surface area contributed by atoms with Crippen LogP contribution in [-0.2, 0) is 0 Å². The zero-order valence-electron chi connectivity index (χ0n) is 10.1. The summed E-state index contributed by atoms with van der Waals surface area (Å²) < 4.78 is 1.32. The second-order valence-electron chi connectivity index (χ2n) is 5.10. The first kappa shape index (κ1) is 11.2. The summed E-state index contributed by atoms with van der Waals surface area (Å²) in [6.07, 6.45) is 4.80. The van der Waals surface area contributed by atoms with Crippen LogP contribution >= 0.6 is 11.3 Å². The summed E-state index contributed by atoms with van der Waals surface area (Å²) in [6, 6.07) is 6.80. The highest BCUT2D eigenvalue weighted by Gasteiger charge is 2.23. The number of thiazole rings is 1. The number of aromatic nitrogens is 1. The van der Waals surface area contributed by atoms with Crippen molar-refractivity contribution in [3.63, 3.8) is 0 Å². The second-order valence-corrected chi connectivity index (χ2v) is 6.16. The summed E-state index contributed by atoms with van der Waals surface area (Å²) in [6.45, 7) is 2.14. The van der Waals surface area contributed by atoms with Gasteiger partial charge in [0.1, 0.15) is 0 Å². The van der Waals surface area contributed by atoms with E-state index in [2.05, 4.69) is 25.1 Å². The van der Waals surface area contributed by atoms with Crippen LogP contribution < -0.4 is 5.73 Å². The fourth-order valence-corrected chi connectivity index (χ4v) is 3.92. The minimum Gasteiger partial charge on any atom is -0.328 e. The van der Waals surface area contributed by atoms with E-state index in [4.69, 9.17) is 10.7 Å². The van der Waals surface area contributed by atoms with E-state index in [1.54, 1.807) is 0 Å². The van der Waals surface area contributed by atoms with Gasteiger partial charge in [-0.15, -0.1) is 11.3 Å². The first-order valence-corrected chi connectivity index (χ1v) is 7.17. The van der Waals surface area contributed by atoms with Crippen LogP contribution in [0.15, 0.2) is 18.2 Å². The van der Waals surface area contributed by atoms with Crippen LogP contribution in [0.5, 0.6) is 0 Å². The molecule has 2 N–H and O–H groups in total. The lowest BCUT2D eigenvalue weighted by atomic mass is 9.86. The molecule has 3 rings (SSSR count). The Hall–Kier alpha value is -0.930. The van der Waals surface area contributed by atoms with Crippen LogP contribution in [0.4, 0.5) is 0 Å². The van der Waals surface area contributed by atoms with Gasteiger partial charge in [0.05, 0.1) is 15.2 Å². The Labute approximate surface area is 106 Å². The average molecular weight is 246 g/mol. The summed E-state index contributed by atoms with van der Waals surface area (Å²) in [4.78, 5) is 4.83. The van der Waals surface area contributed by atoms with E-state index in [1.807, 2.05) is 11.3 Å². The number of hydrogen-bond donors (Lipinski definition) is 1. The number of rotatable bonds is 1. The monoisotopic (exact) mass is 246 g/mol. The summed E-state index contributed by atoms with van der Waals surface area (Å²) >= 11 is 1.85. The minimum absolute atomic E-state index is 0.377. The van der Waals surface area contributed by atoms with Crippen molar-refractivity contribution in [3.05, 3.63) is 28.8 Å². The molecule has 17 heavy (non-hydrogen) atoms. The lowest BCUT2D eigenvalue weighted by Crippen LogP contribution is -2.26. The van der Waals surface area contributed by atoms with Gasteiger partial charge in [-0.3, -0.25) is 0 Å². The number of nitrogens with zero attached hydrogens (tertiary/aromatic N) is 1. The Morgan fingerprint density at radius 2 is 2.24 bits per heavy atom. The standard InChI is InChI=1S/C14H18N2S/c1-9-4-2-7-12-13(9)16-14(17-12)10-5-3-6-11(15)8-10/h2,4,7,10-11H,3,5-6,8,15H2,1H3. The molecule has 0 bridgehead atoms. The quantitative estimate of drug-likeness (QED) is 0.835. The number of hydrogen-bond acceptors (Lipinski definition) is 3. The molecule has 0 saturated heterocycles. The Morgan fingerprint density at radius 3 is 3.00 bits per heavy atom. The van der Waals surface area contributed by atoms with Crippen LogP contribution in [0.1, 0.15) is 42.2 Å². The highest BCUT2D eigenvalue weighted by Crippen LogP contribution is 2.36. The third-order valence-corrected chi connectivity index (χ3v) is 4.88. The molecular formula is C14H18N2S. The number of para-hydroxylation sites is 1. The van der Waals surface area contributed by atoms with Crippen molar-refractivity contribution in [1.82, 2.24) is 4.98 Å². The van der Waals surface area contributed by atoms with Crippen molar-refractivity contribution < 1.29 is 0 Å². The van der Waals surface area contributed by atoms with E-state index in [9.17, 15) is 0 Å². The summed E-state index contributed by atoms with van der Waals surface area (Å²) in [5.41, 5.74) is 8.53. The maximum atomic E-state index is 6.06. The fourth-order valence-electron chi connectivity index (χ4n) is 2.73. The molecule has 1 aliphatic rings. The Kier molecular flexibility index (Phi) is 2.89. The van der Waals surface area contributed by atoms with Gasteiger partial charge in [0.25, 0.3) is 0 Å². The van der Waals surface area contributed by atoms with Crippen LogP contribution in [0.2, 0.25) is 0 Å². The lowest BCUT2D eigenvalue weighted by Gasteiger charge is -2.24. The predicted molar refractivity (Wildman–Crippen MR) is 73.5 cm³/mol. The van der Waals surface area contributed by atoms with Crippen LogP contribution in [0, 0.1) is 6.92 Å². The molecule has 0 spiro atoms.